The molecular weight excluding hydrogens is 266 g/mol. The van der Waals surface area contributed by atoms with E-state index in [2.05, 4.69) is 4.90 Å². The second kappa shape index (κ2) is 8.00. The molecule has 1 amide bonds. The summed E-state index contributed by atoms with van der Waals surface area (Å²) in [6.07, 6.45) is 0.458. The number of nitrogens with zero attached hydrogens (tertiary/aromatic N) is 2. The van der Waals surface area contributed by atoms with Gasteiger partial charge in [-0.3, -0.25) is 9.69 Å². The highest BCUT2D eigenvalue weighted by Crippen LogP contribution is 2.09. The van der Waals surface area contributed by atoms with E-state index in [1.165, 1.54) is 0 Å². The quantitative estimate of drug-likeness (QED) is 0.627. The number of piperazine rings is 1. The summed E-state index contributed by atoms with van der Waals surface area (Å²) in [5.74, 6) is 0.198. The molecule has 0 radical (unpaired) electrons. The maximum absolute atomic E-state index is 12.3. The predicted octanol–water partition coefficient (Wildman–Crippen LogP) is 0.992. The molecule has 0 unspecified atom stereocenters. The van der Waals surface area contributed by atoms with Crippen LogP contribution in [-0.2, 0) is 16.0 Å². The number of anilines is 1. The fourth-order valence-electron chi connectivity index (χ4n) is 2.48. The fourth-order valence-corrected chi connectivity index (χ4v) is 2.48. The van der Waals surface area contributed by atoms with E-state index >= 15 is 0 Å². The number of nitrogen functional groups attached to an aromatic ring is 1. The Hall–Kier alpha value is -1.59. The molecule has 0 aromatic heterocycles. The molecule has 1 aromatic carbocycles. The monoisotopic (exact) mass is 291 g/mol. The molecule has 1 heterocycles. The van der Waals surface area contributed by atoms with Gasteiger partial charge >= 0.3 is 0 Å². The van der Waals surface area contributed by atoms with Gasteiger partial charge in [-0.05, 0) is 24.6 Å². The first-order valence-electron chi connectivity index (χ1n) is 7.61. The van der Waals surface area contributed by atoms with E-state index in [0.29, 0.717) is 6.42 Å². The molecule has 1 aliphatic heterocycles. The molecule has 2 N–H and O–H groups in total. The van der Waals surface area contributed by atoms with Crippen LogP contribution in [0, 0.1) is 0 Å². The summed E-state index contributed by atoms with van der Waals surface area (Å²) in [6.45, 7) is 7.97. The maximum atomic E-state index is 12.3. The minimum Gasteiger partial charge on any atom is -0.399 e. The van der Waals surface area contributed by atoms with Gasteiger partial charge in [0, 0.05) is 45.0 Å². The molecule has 116 valence electrons. The van der Waals surface area contributed by atoms with E-state index in [4.69, 9.17) is 10.5 Å². The third-order valence-corrected chi connectivity index (χ3v) is 3.82. The number of carbonyl (C=O) groups is 1. The third kappa shape index (κ3) is 5.02. The lowest BCUT2D eigenvalue weighted by Crippen LogP contribution is -2.49. The zero-order chi connectivity index (χ0) is 15.1. The van der Waals surface area contributed by atoms with Crippen LogP contribution in [0.25, 0.3) is 0 Å². The van der Waals surface area contributed by atoms with Crippen LogP contribution < -0.4 is 5.73 Å². The number of rotatable bonds is 6. The summed E-state index contributed by atoms with van der Waals surface area (Å²) in [4.78, 5) is 16.6. The Morgan fingerprint density at radius 1 is 1.19 bits per heavy atom. The summed E-state index contributed by atoms with van der Waals surface area (Å²) >= 11 is 0. The lowest BCUT2D eigenvalue weighted by Gasteiger charge is -2.34. The number of amides is 1. The fraction of sp³-hybridized carbons (Fsp3) is 0.562. The van der Waals surface area contributed by atoms with Crippen LogP contribution >= 0.6 is 0 Å². The molecule has 0 atom stereocenters. The Balaban J connectivity index is 1.74. The Morgan fingerprint density at radius 2 is 1.86 bits per heavy atom. The summed E-state index contributed by atoms with van der Waals surface area (Å²) in [5, 5.41) is 0. The summed E-state index contributed by atoms with van der Waals surface area (Å²) in [6, 6.07) is 7.53. The maximum Gasteiger partial charge on any atom is 0.227 e. The van der Waals surface area contributed by atoms with E-state index in [0.717, 1.165) is 57.2 Å². The van der Waals surface area contributed by atoms with Crippen molar-refractivity contribution < 1.29 is 9.53 Å². The van der Waals surface area contributed by atoms with E-state index in [1.807, 2.05) is 36.1 Å². The minimum absolute atomic E-state index is 0.198. The van der Waals surface area contributed by atoms with Gasteiger partial charge in [-0.15, -0.1) is 0 Å². The average molecular weight is 291 g/mol. The van der Waals surface area contributed by atoms with Crippen LogP contribution in [0.5, 0.6) is 0 Å². The normalized spacial score (nSPS) is 16.1. The van der Waals surface area contributed by atoms with Crippen molar-refractivity contribution in [3.8, 4) is 0 Å². The van der Waals surface area contributed by atoms with Crippen molar-refractivity contribution in [1.29, 1.82) is 0 Å². The van der Waals surface area contributed by atoms with Gasteiger partial charge in [0.25, 0.3) is 0 Å². The zero-order valence-corrected chi connectivity index (χ0v) is 12.8. The van der Waals surface area contributed by atoms with Crippen molar-refractivity contribution in [2.75, 3.05) is 51.7 Å². The molecule has 5 heteroatoms. The summed E-state index contributed by atoms with van der Waals surface area (Å²) < 4.78 is 5.37. The van der Waals surface area contributed by atoms with Gasteiger partial charge in [0.05, 0.1) is 13.0 Å². The smallest absolute Gasteiger partial charge is 0.227 e. The lowest BCUT2D eigenvalue weighted by molar-refractivity contribution is -0.132. The SMILES string of the molecule is CCOCCN1CCN(C(=O)Cc2ccc(N)cc2)CC1. The van der Waals surface area contributed by atoms with E-state index in [-0.39, 0.29) is 5.91 Å². The Morgan fingerprint density at radius 3 is 2.48 bits per heavy atom. The molecule has 0 spiro atoms. The highest BCUT2D eigenvalue weighted by atomic mass is 16.5. The van der Waals surface area contributed by atoms with Crippen molar-refractivity contribution >= 4 is 11.6 Å². The molecule has 1 fully saturated rings. The van der Waals surface area contributed by atoms with Crippen LogP contribution in [0.3, 0.4) is 0 Å². The van der Waals surface area contributed by atoms with Gasteiger partial charge < -0.3 is 15.4 Å². The second-order valence-electron chi connectivity index (χ2n) is 5.34. The van der Waals surface area contributed by atoms with Crippen LogP contribution in [0.15, 0.2) is 24.3 Å². The number of hydrogen-bond acceptors (Lipinski definition) is 4. The van der Waals surface area contributed by atoms with Crippen LogP contribution in [-0.4, -0.2) is 61.6 Å². The molecule has 5 nitrogen and oxygen atoms in total. The number of carbonyl (C=O) groups excluding carboxylic acids is 1. The van der Waals surface area contributed by atoms with Gasteiger partial charge in [-0.2, -0.15) is 0 Å². The van der Waals surface area contributed by atoms with Crippen molar-refractivity contribution in [1.82, 2.24) is 9.80 Å². The Kier molecular flexibility index (Phi) is 6.02. The zero-order valence-electron chi connectivity index (χ0n) is 12.8. The van der Waals surface area contributed by atoms with Gasteiger partial charge in [0.2, 0.25) is 5.91 Å². The minimum atomic E-state index is 0.198. The number of nitrogens with two attached hydrogens (primary N) is 1. The Bertz CT molecular complexity index is 439. The molecule has 0 saturated carbocycles. The van der Waals surface area contributed by atoms with Gasteiger partial charge in [-0.1, -0.05) is 12.1 Å². The largest absolute Gasteiger partial charge is 0.399 e. The van der Waals surface area contributed by atoms with Crippen molar-refractivity contribution in [3.05, 3.63) is 29.8 Å². The van der Waals surface area contributed by atoms with Crippen molar-refractivity contribution in [2.24, 2.45) is 0 Å². The molecule has 1 aliphatic rings. The van der Waals surface area contributed by atoms with Crippen LogP contribution in [0.1, 0.15) is 12.5 Å². The van der Waals surface area contributed by atoms with Crippen LogP contribution in [0.4, 0.5) is 5.69 Å². The molecule has 0 bridgehead atoms. The summed E-state index contributed by atoms with van der Waals surface area (Å²) in [5.41, 5.74) is 7.41. The molecule has 21 heavy (non-hydrogen) atoms. The predicted molar refractivity (Wildman–Crippen MR) is 84.1 cm³/mol. The Labute approximate surface area is 126 Å². The standard InChI is InChI=1S/C16H25N3O2/c1-2-21-12-11-18-7-9-19(10-8-18)16(20)13-14-3-5-15(17)6-4-14/h3-6H,2,7-13,17H2,1H3. The van der Waals surface area contributed by atoms with Gasteiger partial charge in [-0.25, -0.2) is 0 Å². The number of benzene rings is 1. The van der Waals surface area contributed by atoms with E-state index in [1.54, 1.807) is 0 Å². The third-order valence-electron chi connectivity index (χ3n) is 3.82. The number of hydrogen-bond donors (Lipinski definition) is 1. The second-order valence-corrected chi connectivity index (χ2v) is 5.34. The molecule has 1 saturated heterocycles. The molecular formula is C16H25N3O2. The van der Waals surface area contributed by atoms with E-state index in [9.17, 15) is 4.79 Å². The molecule has 0 aliphatic carbocycles. The average Bonchev–Trinajstić information content (AvgIpc) is 2.50. The molecule has 1 aromatic rings. The van der Waals surface area contributed by atoms with Gasteiger partial charge in [0.1, 0.15) is 0 Å². The van der Waals surface area contributed by atoms with Gasteiger partial charge in [0.15, 0.2) is 0 Å². The molecule has 2 rings (SSSR count). The number of ether oxygens (including phenoxy) is 1. The van der Waals surface area contributed by atoms with Crippen molar-refractivity contribution in [3.63, 3.8) is 0 Å². The van der Waals surface area contributed by atoms with Crippen molar-refractivity contribution in [2.45, 2.75) is 13.3 Å². The topological polar surface area (TPSA) is 58.8 Å². The highest BCUT2D eigenvalue weighted by Gasteiger charge is 2.20. The first-order chi connectivity index (χ1) is 10.2. The highest BCUT2D eigenvalue weighted by molar-refractivity contribution is 5.79. The first-order valence-corrected chi connectivity index (χ1v) is 7.61. The van der Waals surface area contributed by atoms with Crippen LogP contribution in [0.2, 0.25) is 0 Å². The first kappa shape index (κ1) is 15.8. The van der Waals surface area contributed by atoms with E-state index < -0.39 is 0 Å². The summed E-state index contributed by atoms with van der Waals surface area (Å²) in [7, 11) is 0. The lowest BCUT2D eigenvalue weighted by atomic mass is 10.1.